The first-order valence-corrected chi connectivity index (χ1v) is 14.9. The molecule has 0 amide bonds. The molecule has 2 aliphatic rings. The number of ether oxygens (including phenoxy) is 10. The summed E-state index contributed by atoms with van der Waals surface area (Å²) in [7, 11) is 9.83. The average Bonchev–Trinajstić information content (AvgIpc) is 3.79. The molecule has 0 aliphatic carbocycles. The number of methoxy groups -OCH3 is 6. The molecule has 2 aliphatic heterocycles. The van der Waals surface area contributed by atoms with Gasteiger partial charge in [0.2, 0.25) is 25.1 Å². The third kappa shape index (κ3) is 5.94. The Morgan fingerprint density at radius 1 is 0.413 bits per heavy atom. The quantitative estimate of drug-likeness (QED) is 0.165. The van der Waals surface area contributed by atoms with Crippen LogP contribution in [0.4, 0.5) is 0 Å². The smallest absolute Gasteiger partial charge is 0.231 e. The topological polar surface area (TPSA) is 92.3 Å². The maximum Gasteiger partial charge on any atom is 0.231 e. The second-order valence-electron chi connectivity index (χ2n) is 10.8. The van der Waals surface area contributed by atoms with Crippen molar-refractivity contribution in [3.63, 3.8) is 0 Å². The summed E-state index contributed by atoms with van der Waals surface area (Å²) in [5, 5.41) is 0. The van der Waals surface area contributed by atoms with Crippen LogP contribution in [0.1, 0.15) is 22.3 Å². The highest BCUT2D eigenvalue weighted by Gasteiger charge is 2.32. The molecule has 2 heterocycles. The lowest BCUT2D eigenvalue weighted by atomic mass is 9.93. The molecule has 0 N–H and O–H groups in total. The minimum Gasteiger partial charge on any atom is -0.497 e. The Morgan fingerprint density at radius 2 is 0.761 bits per heavy atom. The number of aryl methyl sites for hydroxylation is 4. The Morgan fingerprint density at radius 3 is 1.09 bits per heavy atom. The number of fused-ring (bicyclic) bond motifs is 2. The van der Waals surface area contributed by atoms with Crippen LogP contribution in [-0.2, 0) is 25.7 Å². The molecule has 242 valence electrons. The molecule has 0 bridgehead atoms. The first kappa shape index (κ1) is 30.9. The van der Waals surface area contributed by atoms with Crippen molar-refractivity contribution in [1.82, 2.24) is 0 Å². The van der Waals surface area contributed by atoms with Crippen LogP contribution in [0.5, 0.6) is 57.5 Å². The van der Waals surface area contributed by atoms with Gasteiger partial charge in [-0.1, -0.05) is 0 Å². The van der Waals surface area contributed by atoms with E-state index in [9.17, 15) is 0 Å². The molecule has 4 aromatic carbocycles. The fourth-order valence-electron chi connectivity index (χ4n) is 5.98. The first-order valence-electron chi connectivity index (χ1n) is 14.9. The van der Waals surface area contributed by atoms with E-state index in [1.807, 2.05) is 36.4 Å². The molecule has 0 saturated heterocycles. The van der Waals surface area contributed by atoms with Gasteiger partial charge in [-0.15, -0.1) is 0 Å². The minimum absolute atomic E-state index is 0.0999. The third-order valence-electron chi connectivity index (χ3n) is 8.23. The van der Waals surface area contributed by atoms with Gasteiger partial charge in [0.05, 0.1) is 42.7 Å². The van der Waals surface area contributed by atoms with Crippen molar-refractivity contribution >= 4 is 0 Å². The van der Waals surface area contributed by atoms with Gasteiger partial charge < -0.3 is 47.4 Å². The predicted molar refractivity (Wildman–Crippen MR) is 171 cm³/mol. The SMILES string of the molecule is COc1cc(CCc2cc(-c3cc(CCc4cc(OC)cc(OC)c4)c4c(c3OC)OCO4)c(OC)c3c2OCO3)cc(OC)c1. The molecule has 0 fully saturated rings. The summed E-state index contributed by atoms with van der Waals surface area (Å²) in [5.74, 6) is 6.51. The highest BCUT2D eigenvalue weighted by Crippen LogP contribution is 2.55. The molecule has 6 rings (SSSR count). The Kier molecular flexibility index (Phi) is 9.05. The summed E-state index contributed by atoms with van der Waals surface area (Å²) < 4.78 is 57.8. The van der Waals surface area contributed by atoms with Gasteiger partial charge >= 0.3 is 0 Å². The van der Waals surface area contributed by atoms with E-state index >= 15 is 0 Å². The lowest BCUT2D eigenvalue weighted by Gasteiger charge is -2.19. The molecule has 10 heteroatoms. The van der Waals surface area contributed by atoms with E-state index in [0.29, 0.717) is 60.2 Å². The van der Waals surface area contributed by atoms with Crippen molar-refractivity contribution in [3.05, 3.63) is 70.8 Å². The molecule has 0 atom stereocenters. The number of hydrogen-bond donors (Lipinski definition) is 0. The molecule has 0 spiro atoms. The summed E-state index contributed by atoms with van der Waals surface area (Å²) in [4.78, 5) is 0. The van der Waals surface area contributed by atoms with Crippen LogP contribution in [0, 0.1) is 0 Å². The third-order valence-corrected chi connectivity index (χ3v) is 8.23. The van der Waals surface area contributed by atoms with Crippen molar-refractivity contribution in [1.29, 1.82) is 0 Å². The van der Waals surface area contributed by atoms with Crippen molar-refractivity contribution in [2.75, 3.05) is 56.2 Å². The van der Waals surface area contributed by atoms with E-state index in [-0.39, 0.29) is 13.6 Å². The molecule has 0 radical (unpaired) electrons. The van der Waals surface area contributed by atoms with Crippen molar-refractivity contribution in [2.45, 2.75) is 25.7 Å². The number of rotatable bonds is 13. The maximum atomic E-state index is 5.99. The second-order valence-corrected chi connectivity index (χ2v) is 10.8. The van der Waals surface area contributed by atoms with E-state index in [0.717, 1.165) is 56.4 Å². The van der Waals surface area contributed by atoms with E-state index in [4.69, 9.17) is 47.4 Å². The normalized spacial score (nSPS) is 12.6. The zero-order valence-corrected chi connectivity index (χ0v) is 26.9. The van der Waals surface area contributed by atoms with E-state index in [1.54, 1.807) is 42.7 Å². The van der Waals surface area contributed by atoms with Gasteiger partial charge in [-0.2, -0.15) is 0 Å². The van der Waals surface area contributed by atoms with Gasteiger partial charge in [0.1, 0.15) is 23.0 Å². The Bertz CT molecular complexity index is 1560. The fraction of sp³-hybridized carbons (Fsp3) is 0.333. The molecular formula is C36H38O10. The largest absolute Gasteiger partial charge is 0.497 e. The van der Waals surface area contributed by atoms with E-state index in [2.05, 4.69) is 12.1 Å². The number of hydrogen-bond acceptors (Lipinski definition) is 10. The average molecular weight is 631 g/mol. The van der Waals surface area contributed by atoms with E-state index in [1.165, 1.54) is 0 Å². The monoisotopic (exact) mass is 630 g/mol. The zero-order valence-electron chi connectivity index (χ0n) is 26.9. The van der Waals surface area contributed by atoms with Crippen LogP contribution in [0.2, 0.25) is 0 Å². The van der Waals surface area contributed by atoms with Crippen LogP contribution in [0.15, 0.2) is 48.5 Å². The highest BCUT2D eigenvalue weighted by molar-refractivity contribution is 5.85. The first-order chi connectivity index (χ1) is 22.5. The van der Waals surface area contributed by atoms with Gasteiger partial charge in [0.25, 0.3) is 0 Å². The van der Waals surface area contributed by atoms with Crippen LogP contribution < -0.4 is 47.4 Å². The van der Waals surface area contributed by atoms with Gasteiger partial charge in [0.15, 0.2) is 23.0 Å². The molecule has 0 unspecified atom stereocenters. The lowest BCUT2D eigenvalue weighted by molar-refractivity contribution is 0.170. The lowest BCUT2D eigenvalue weighted by Crippen LogP contribution is -2.01. The summed E-state index contributed by atoms with van der Waals surface area (Å²) in [6.45, 7) is 0.200. The van der Waals surface area contributed by atoms with Crippen LogP contribution in [-0.4, -0.2) is 56.2 Å². The van der Waals surface area contributed by atoms with Crippen molar-refractivity contribution in [3.8, 4) is 68.6 Å². The Labute approximate surface area is 268 Å². The summed E-state index contributed by atoms with van der Waals surface area (Å²) in [5.41, 5.74) is 5.66. The standard InChI is InChI=1S/C36H38O10/c1-37-25-11-21(12-26(17-25)38-2)7-9-23-15-29(33(41-5)35-31(23)43-19-45-35)30-16-24(32-36(34(30)42-6)46-20-44-32)10-8-22-13-27(39-3)18-28(14-22)40-4/h11-18H,7-10,19-20H2,1-6H3. The fourth-order valence-corrected chi connectivity index (χ4v) is 5.98. The van der Waals surface area contributed by atoms with Gasteiger partial charge in [-0.3, -0.25) is 0 Å². The zero-order chi connectivity index (χ0) is 32.2. The van der Waals surface area contributed by atoms with E-state index < -0.39 is 0 Å². The molecular weight excluding hydrogens is 592 g/mol. The highest BCUT2D eigenvalue weighted by atomic mass is 16.7. The Hall–Kier alpha value is -5.12. The predicted octanol–water partition coefficient (Wildman–Crippen LogP) is 6.43. The number of benzene rings is 4. The Balaban J connectivity index is 1.41. The van der Waals surface area contributed by atoms with Gasteiger partial charge in [0, 0.05) is 23.3 Å². The molecule has 46 heavy (non-hydrogen) atoms. The maximum absolute atomic E-state index is 5.99. The van der Waals surface area contributed by atoms with Gasteiger partial charge in [-0.25, -0.2) is 0 Å². The van der Waals surface area contributed by atoms with Crippen molar-refractivity contribution in [2.24, 2.45) is 0 Å². The second kappa shape index (κ2) is 13.5. The van der Waals surface area contributed by atoms with Crippen molar-refractivity contribution < 1.29 is 47.4 Å². The summed E-state index contributed by atoms with van der Waals surface area (Å²) in [6.07, 6.45) is 2.75. The van der Waals surface area contributed by atoms with Crippen LogP contribution in [0.25, 0.3) is 11.1 Å². The molecule has 4 aromatic rings. The summed E-state index contributed by atoms with van der Waals surface area (Å²) >= 11 is 0. The molecule has 0 saturated carbocycles. The van der Waals surface area contributed by atoms with Gasteiger partial charge in [-0.05, 0) is 84.3 Å². The summed E-state index contributed by atoms with van der Waals surface area (Å²) in [6, 6.07) is 15.9. The van der Waals surface area contributed by atoms with Crippen LogP contribution in [0.3, 0.4) is 0 Å². The minimum atomic E-state index is 0.0999. The molecule has 10 nitrogen and oxygen atoms in total. The molecule has 0 aromatic heterocycles. The van der Waals surface area contributed by atoms with Crippen LogP contribution >= 0.6 is 0 Å².